The van der Waals surface area contributed by atoms with Crippen molar-refractivity contribution in [2.45, 2.75) is 32.1 Å². The molecule has 0 saturated carbocycles. The number of allylic oxidation sites excluding steroid dienone is 1. The van der Waals surface area contributed by atoms with Crippen molar-refractivity contribution in [3.8, 4) is 6.07 Å². The molecule has 2 aromatic carbocycles. The van der Waals surface area contributed by atoms with Crippen LogP contribution in [-0.4, -0.2) is 11.7 Å². The van der Waals surface area contributed by atoms with Crippen LogP contribution >= 0.6 is 11.6 Å². The van der Waals surface area contributed by atoms with Gasteiger partial charge in [0.2, 0.25) is 5.91 Å². The van der Waals surface area contributed by atoms with Crippen molar-refractivity contribution >= 4 is 34.7 Å². The molecule has 0 aromatic heterocycles. The summed E-state index contributed by atoms with van der Waals surface area (Å²) in [4.78, 5) is 29.0. The van der Waals surface area contributed by atoms with Gasteiger partial charge < -0.3 is 11.1 Å². The standard InChI is InChI=1S/C25H21ClN4O2/c1-24(2)11-19-21(20(31)12-24)25(14-7-3-5-9-17(14)29-23(25)32)15(13-27)22(28)30(19)18-10-6-4-8-16(18)26/h3-10H,11-12,28H2,1-2H3,(H,29,32). The highest BCUT2D eigenvalue weighted by Crippen LogP contribution is 2.57. The molecule has 0 bridgehead atoms. The number of nitrogens with one attached hydrogen (secondary N) is 1. The van der Waals surface area contributed by atoms with E-state index in [1.807, 2.05) is 19.9 Å². The second kappa shape index (κ2) is 6.72. The molecule has 7 heteroatoms. The fourth-order valence-corrected chi connectivity index (χ4v) is 5.50. The van der Waals surface area contributed by atoms with E-state index in [4.69, 9.17) is 17.3 Å². The van der Waals surface area contributed by atoms with Crippen molar-refractivity contribution in [3.05, 3.63) is 81.8 Å². The molecule has 2 aromatic rings. The highest BCUT2D eigenvalue weighted by Gasteiger charge is 2.61. The number of hydrogen-bond donors (Lipinski definition) is 2. The maximum atomic E-state index is 13.7. The summed E-state index contributed by atoms with van der Waals surface area (Å²) in [5.74, 6) is -0.491. The van der Waals surface area contributed by atoms with Gasteiger partial charge in [0.15, 0.2) is 5.78 Å². The van der Waals surface area contributed by atoms with Crippen molar-refractivity contribution in [2.24, 2.45) is 11.1 Å². The van der Waals surface area contributed by atoms with Gasteiger partial charge in [-0.25, -0.2) is 0 Å². The molecule has 0 fully saturated rings. The van der Waals surface area contributed by atoms with E-state index < -0.39 is 11.3 Å². The van der Waals surface area contributed by atoms with Crippen molar-refractivity contribution in [2.75, 3.05) is 10.2 Å². The second-order valence-corrected chi connectivity index (χ2v) is 9.58. The lowest BCUT2D eigenvalue weighted by Gasteiger charge is -2.46. The lowest BCUT2D eigenvalue weighted by atomic mass is 9.61. The third-order valence-electron chi connectivity index (χ3n) is 6.49. The van der Waals surface area contributed by atoms with E-state index in [1.165, 1.54) is 0 Å². The van der Waals surface area contributed by atoms with E-state index in [-0.39, 0.29) is 29.0 Å². The van der Waals surface area contributed by atoms with Gasteiger partial charge in [-0.3, -0.25) is 14.5 Å². The number of fused-ring (bicyclic) bond motifs is 3. The van der Waals surface area contributed by atoms with Crippen LogP contribution in [0.15, 0.2) is 71.2 Å². The Balaban J connectivity index is 1.92. The maximum Gasteiger partial charge on any atom is 0.245 e. The van der Waals surface area contributed by atoms with Gasteiger partial charge in [0, 0.05) is 28.9 Å². The number of ketones is 1. The van der Waals surface area contributed by atoms with E-state index in [9.17, 15) is 14.9 Å². The van der Waals surface area contributed by atoms with Crippen molar-refractivity contribution in [1.82, 2.24) is 0 Å². The molecule has 1 amide bonds. The van der Waals surface area contributed by atoms with Crippen molar-refractivity contribution in [1.29, 1.82) is 5.26 Å². The van der Waals surface area contributed by atoms with E-state index >= 15 is 0 Å². The Morgan fingerprint density at radius 1 is 1.09 bits per heavy atom. The van der Waals surface area contributed by atoms with Gasteiger partial charge in [-0.2, -0.15) is 5.26 Å². The molecule has 32 heavy (non-hydrogen) atoms. The van der Waals surface area contributed by atoms with E-state index in [1.54, 1.807) is 47.4 Å². The lowest BCUT2D eigenvalue weighted by Crippen LogP contribution is -2.52. The molecule has 5 rings (SSSR count). The van der Waals surface area contributed by atoms with Gasteiger partial charge in [0.05, 0.1) is 16.3 Å². The van der Waals surface area contributed by atoms with Gasteiger partial charge in [-0.1, -0.05) is 55.8 Å². The van der Waals surface area contributed by atoms with Crippen LogP contribution < -0.4 is 16.0 Å². The molecule has 2 heterocycles. The van der Waals surface area contributed by atoms with Crippen LogP contribution in [0.4, 0.5) is 11.4 Å². The Morgan fingerprint density at radius 3 is 2.50 bits per heavy atom. The highest BCUT2D eigenvalue weighted by atomic mass is 35.5. The molecule has 1 spiro atoms. The number of amides is 1. The Kier molecular flexibility index (Phi) is 4.27. The largest absolute Gasteiger partial charge is 0.384 e. The van der Waals surface area contributed by atoms with Crippen molar-refractivity contribution < 1.29 is 9.59 Å². The smallest absolute Gasteiger partial charge is 0.245 e. The summed E-state index contributed by atoms with van der Waals surface area (Å²) < 4.78 is 0. The Morgan fingerprint density at radius 2 is 1.78 bits per heavy atom. The molecule has 3 aliphatic rings. The van der Waals surface area contributed by atoms with Crippen LogP contribution in [0.2, 0.25) is 5.02 Å². The molecule has 0 radical (unpaired) electrons. The first kappa shape index (κ1) is 20.3. The fraction of sp³-hybridized carbons (Fsp3) is 0.240. The molecular formula is C25H21ClN4O2. The molecule has 1 aliphatic carbocycles. The average molecular weight is 445 g/mol. The zero-order valence-electron chi connectivity index (χ0n) is 17.7. The summed E-state index contributed by atoms with van der Waals surface area (Å²) in [5.41, 5.74) is 7.40. The zero-order chi connectivity index (χ0) is 22.8. The average Bonchev–Trinajstić information content (AvgIpc) is 3.01. The molecule has 2 aliphatic heterocycles. The van der Waals surface area contributed by atoms with E-state index in [2.05, 4.69) is 11.4 Å². The van der Waals surface area contributed by atoms with Crippen LogP contribution in [0, 0.1) is 16.7 Å². The molecule has 3 N–H and O–H groups in total. The van der Waals surface area contributed by atoms with Crippen LogP contribution in [0.5, 0.6) is 0 Å². The van der Waals surface area contributed by atoms with Crippen LogP contribution in [0.25, 0.3) is 0 Å². The molecule has 160 valence electrons. The predicted octanol–water partition coefficient (Wildman–Crippen LogP) is 4.39. The number of anilines is 2. The Hall–Kier alpha value is -3.56. The maximum absolute atomic E-state index is 13.7. The molecular weight excluding hydrogens is 424 g/mol. The third-order valence-corrected chi connectivity index (χ3v) is 6.81. The summed E-state index contributed by atoms with van der Waals surface area (Å²) in [7, 11) is 0. The van der Waals surface area contributed by atoms with Gasteiger partial charge in [0.25, 0.3) is 0 Å². The number of carbonyl (C=O) groups excluding carboxylic acids is 2. The predicted molar refractivity (Wildman–Crippen MR) is 123 cm³/mol. The number of para-hydroxylation sites is 2. The molecule has 6 nitrogen and oxygen atoms in total. The molecule has 1 atom stereocenters. The van der Waals surface area contributed by atoms with E-state index in [0.717, 1.165) is 0 Å². The molecule has 1 unspecified atom stereocenters. The first-order chi connectivity index (χ1) is 15.2. The third kappa shape index (κ3) is 2.52. The highest BCUT2D eigenvalue weighted by molar-refractivity contribution is 6.33. The fourth-order valence-electron chi connectivity index (χ4n) is 5.28. The van der Waals surface area contributed by atoms with Crippen molar-refractivity contribution in [3.63, 3.8) is 0 Å². The zero-order valence-corrected chi connectivity index (χ0v) is 18.5. The van der Waals surface area contributed by atoms with E-state index in [0.29, 0.717) is 39.7 Å². The summed E-state index contributed by atoms with van der Waals surface area (Å²) in [5, 5.41) is 13.6. The van der Waals surface area contributed by atoms with Crippen LogP contribution in [0.3, 0.4) is 0 Å². The Labute approximate surface area is 191 Å². The number of nitrogens with zero attached hydrogens (tertiary/aromatic N) is 2. The number of carbonyl (C=O) groups is 2. The van der Waals surface area contributed by atoms with Crippen LogP contribution in [-0.2, 0) is 15.0 Å². The number of Topliss-reactive ketones (excluding diaryl/α,β-unsaturated/α-hetero) is 1. The minimum absolute atomic E-state index is 0.0340. The normalized spacial score (nSPS) is 23.8. The summed E-state index contributed by atoms with van der Waals surface area (Å²) >= 11 is 6.52. The number of hydrogen-bond acceptors (Lipinski definition) is 5. The van der Waals surface area contributed by atoms with Crippen LogP contribution in [0.1, 0.15) is 32.3 Å². The SMILES string of the molecule is CC1(C)CC(=O)C2=C(C1)N(c1ccccc1Cl)C(N)=C(C#N)C21C(=O)Nc2ccccc21. The first-order valence-electron chi connectivity index (χ1n) is 10.3. The Bertz CT molecular complexity index is 1320. The monoisotopic (exact) mass is 444 g/mol. The summed E-state index contributed by atoms with van der Waals surface area (Å²) in [6.45, 7) is 4.02. The summed E-state index contributed by atoms with van der Waals surface area (Å²) in [6.07, 6.45) is 0.758. The minimum atomic E-state index is -1.57. The molecule has 0 saturated heterocycles. The van der Waals surface area contributed by atoms with Gasteiger partial charge in [-0.15, -0.1) is 0 Å². The first-order valence-corrected chi connectivity index (χ1v) is 10.7. The van der Waals surface area contributed by atoms with Gasteiger partial charge in [0.1, 0.15) is 17.3 Å². The number of nitriles is 1. The minimum Gasteiger partial charge on any atom is -0.384 e. The topological polar surface area (TPSA) is 99.2 Å². The lowest BCUT2D eigenvalue weighted by molar-refractivity contribution is -0.123. The number of rotatable bonds is 1. The van der Waals surface area contributed by atoms with Gasteiger partial charge in [-0.05, 0) is 30.0 Å². The number of nitrogens with two attached hydrogens (primary N) is 1. The number of benzene rings is 2. The quantitative estimate of drug-likeness (QED) is 0.679. The summed E-state index contributed by atoms with van der Waals surface area (Å²) in [6, 6.07) is 16.5. The van der Waals surface area contributed by atoms with Gasteiger partial charge >= 0.3 is 0 Å². The number of halogens is 1. The second-order valence-electron chi connectivity index (χ2n) is 9.17.